The van der Waals surface area contributed by atoms with E-state index in [1.54, 1.807) is 45.9 Å². The lowest BCUT2D eigenvalue weighted by atomic mass is 9.81. The van der Waals surface area contributed by atoms with Gasteiger partial charge < -0.3 is 63.8 Å². The molecule has 7 N–H and O–H groups in total. The molecule has 0 spiro atoms. The molecule has 0 amide bonds. The molecule has 3 heterocycles. The van der Waals surface area contributed by atoms with Gasteiger partial charge in [0.15, 0.2) is 12.4 Å². The molecule has 2 aliphatic heterocycles. The van der Waals surface area contributed by atoms with Gasteiger partial charge in [-0.3, -0.25) is 0 Å². The van der Waals surface area contributed by atoms with Crippen LogP contribution in [-0.4, -0.2) is 122 Å². The van der Waals surface area contributed by atoms with Gasteiger partial charge in [-0.15, -0.1) is 0 Å². The molecule has 0 bridgehead atoms. The second-order valence-corrected chi connectivity index (χ2v) is 12.7. The van der Waals surface area contributed by atoms with Crippen molar-refractivity contribution < 1.29 is 68.6 Å². The normalized spacial score (nSPS) is 37.2. The Labute approximate surface area is 269 Å². The van der Waals surface area contributed by atoms with Gasteiger partial charge in [-0.05, 0) is 52.3 Å². The highest BCUT2D eigenvalue weighted by Gasteiger charge is 2.53. The van der Waals surface area contributed by atoms with Gasteiger partial charge in [0.1, 0.15) is 59.7 Å². The van der Waals surface area contributed by atoms with E-state index in [1.807, 2.05) is 0 Å². The molecule has 1 saturated heterocycles. The number of aliphatic hydroxyl groups is 7. The number of aliphatic hydroxyl groups excluding tert-OH is 7. The Bertz CT molecular complexity index is 1520. The van der Waals surface area contributed by atoms with Crippen LogP contribution in [-0.2, 0) is 23.7 Å². The number of carbonyl (C=O) groups is 1. The summed E-state index contributed by atoms with van der Waals surface area (Å²) >= 11 is 0. The molecule has 2 aromatic rings. The Kier molecular flexibility index (Phi) is 10.4. The van der Waals surface area contributed by atoms with Gasteiger partial charge >= 0.3 is 11.6 Å². The van der Waals surface area contributed by atoms with Gasteiger partial charge in [-0.25, -0.2) is 9.59 Å². The number of carbonyl (C=O) groups excluding carboxylic acids is 1. The lowest BCUT2D eigenvalue weighted by Gasteiger charge is -2.47. The van der Waals surface area contributed by atoms with Crippen LogP contribution in [0.1, 0.15) is 45.8 Å². The van der Waals surface area contributed by atoms with Gasteiger partial charge in [0, 0.05) is 29.6 Å². The zero-order valence-corrected chi connectivity index (χ0v) is 26.3. The van der Waals surface area contributed by atoms with Crippen LogP contribution in [0.5, 0.6) is 5.75 Å². The standard InChI is InChI=1S/C32H42O15/c1-5-13(2)30(41)45-28-20-16(8-6-14-7-9-19(34)44-27(14)20)47-32(3,4)29(28)46-31-26(40)25(39)23(37)18(43-31)12-42-17-10-15(11-33)21(35)24(38)22(17)36/h5-9,15,17-18,21-26,28-29,31,33,35-40H,10-12H2,1-4H3. The highest BCUT2D eigenvalue weighted by molar-refractivity contribution is 5.89. The van der Waals surface area contributed by atoms with Gasteiger partial charge in [0.2, 0.25) is 0 Å². The maximum absolute atomic E-state index is 13.1. The van der Waals surface area contributed by atoms with Crippen LogP contribution >= 0.6 is 0 Å². The third-order valence-corrected chi connectivity index (χ3v) is 9.15. The smallest absolute Gasteiger partial charge is 0.336 e. The zero-order valence-electron chi connectivity index (χ0n) is 26.3. The van der Waals surface area contributed by atoms with Crippen LogP contribution in [0.15, 0.2) is 45.1 Å². The molecular formula is C32H42O15. The van der Waals surface area contributed by atoms with Gasteiger partial charge in [-0.2, -0.15) is 0 Å². The minimum atomic E-state index is -1.81. The van der Waals surface area contributed by atoms with Crippen molar-refractivity contribution >= 4 is 16.9 Å². The molecule has 5 rings (SSSR count). The summed E-state index contributed by atoms with van der Waals surface area (Å²) in [6.45, 7) is 5.54. The average Bonchev–Trinajstić information content (AvgIpc) is 3.04. The van der Waals surface area contributed by atoms with E-state index >= 15 is 0 Å². The summed E-state index contributed by atoms with van der Waals surface area (Å²) in [5.74, 6) is -1.25. The van der Waals surface area contributed by atoms with Crippen molar-refractivity contribution in [1.29, 1.82) is 0 Å². The first-order chi connectivity index (χ1) is 22.2. The number of hydrogen-bond acceptors (Lipinski definition) is 15. The zero-order chi connectivity index (χ0) is 34.4. The molecule has 3 aliphatic rings. The molecule has 260 valence electrons. The molecule has 1 saturated carbocycles. The van der Waals surface area contributed by atoms with Gasteiger partial charge in [0.05, 0.1) is 24.4 Å². The van der Waals surface area contributed by atoms with E-state index in [0.29, 0.717) is 5.39 Å². The minimum absolute atomic E-state index is 0.0282. The first kappa shape index (κ1) is 35.3. The first-order valence-corrected chi connectivity index (χ1v) is 15.4. The van der Waals surface area contributed by atoms with E-state index in [2.05, 4.69) is 0 Å². The van der Waals surface area contributed by atoms with Crippen LogP contribution in [0.25, 0.3) is 11.0 Å². The number of ether oxygens (including phenoxy) is 5. The highest BCUT2D eigenvalue weighted by atomic mass is 16.7. The average molecular weight is 667 g/mol. The summed E-state index contributed by atoms with van der Waals surface area (Å²) in [7, 11) is 0. The largest absolute Gasteiger partial charge is 0.484 e. The number of esters is 1. The fraction of sp³-hybridized carbons (Fsp3) is 0.625. The van der Waals surface area contributed by atoms with Crippen molar-refractivity contribution in [2.45, 2.75) is 107 Å². The van der Waals surface area contributed by atoms with Crippen LogP contribution < -0.4 is 10.4 Å². The van der Waals surface area contributed by atoms with Crippen LogP contribution in [0.4, 0.5) is 0 Å². The van der Waals surface area contributed by atoms with E-state index in [0.717, 1.165) is 0 Å². The monoisotopic (exact) mass is 666 g/mol. The Balaban J connectivity index is 1.45. The molecule has 15 nitrogen and oxygen atoms in total. The van der Waals surface area contributed by atoms with Crippen molar-refractivity contribution in [3.8, 4) is 5.75 Å². The van der Waals surface area contributed by atoms with Crippen molar-refractivity contribution in [3.63, 3.8) is 0 Å². The second-order valence-electron chi connectivity index (χ2n) is 12.7. The molecule has 12 atom stereocenters. The third-order valence-electron chi connectivity index (χ3n) is 9.15. The lowest BCUT2D eigenvalue weighted by Crippen LogP contribution is -2.62. The number of allylic oxidation sites excluding steroid dienone is 1. The summed E-state index contributed by atoms with van der Waals surface area (Å²) in [5.41, 5.74) is -1.40. The summed E-state index contributed by atoms with van der Waals surface area (Å²) in [6.07, 6.45) is -14.9. The molecule has 0 radical (unpaired) electrons. The van der Waals surface area contributed by atoms with Gasteiger partial charge in [0.25, 0.3) is 0 Å². The van der Waals surface area contributed by atoms with Crippen LogP contribution in [0, 0.1) is 5.92 Å². The fourth-order valence-corrected chi connectivity index (χ4v) is 6.19. The molecule has 2 fully saturated rings. The van der Waals surface area contributed by atoms with Crippen molar-refractivity contribution in [1.82, 2.24) is 0 Å². The maximum Gasteiger partial charge on any atom is 0.336 e. The topological polar surface area (TPSA) is 235 Å². The predicted octanol–water partition coefficient (Wildman–Crippen LogP) is -0.813. The van der Waals surface area contributed by atoms with Crippen LogP contribution in [0.2, 0.25) is 0 Å². The number of rotatable bonds is 8. The van der Waals surface area contributed by atoms with Crippen LogP contribution in [0.3, 0.4) is 0 Å². The fourth-order valence-electron chi connectivity index (χ4n) is 6.19. The quantitative estimate of drug-likeness (QED) is 0.104. The molecule has 47 heavy (non-hydrogen) atoms. The highest BCUT2D eigenvalue weighted by Crippen LogP contribution is 2.47. The van der Waals surface area contributed by atoms with E-state index in [-0.39, 0.29) is 28.9 Å². The first-order valence-electron chi connectivity index (χ1n) is 15.4. The Morgan fingerprint density at radius 2 is 1.66 bits per heavy atom. The van der Waals surface area contributed by atoms with Crippen molar-refractivity contribution in [3.05, 3.63) is 51.9 Å². The van der Waals surface area contributed by atoms with Crippen molar-refractivity contribution in [2.24, 2.45) is 5.92 Å². The summed E-state index contributed by atoms with van der Waals surface area (Å²) < 4.78 is 35.6. The molecule has 12 unspecified atom stereocenters. The Morgan fingerprint density at radius 1 is 0.979 bits per heavy atom. The van der Waals surface area contributed by atoms with Crippen molar-refractivity contribution in [2.75, 3.05) is 13.2 Å². The summed E-state index contributed by atoms with van der Waals surface area (Å²) in [5, 5.41) is 73.3. The number of benzene rings is 1. The second kappa shape index (κ2) is 13.9. The Hall–Kier alpha value is -2.96. The van der Waals surface area contributed by atoms with E-state index < -0.39 is 104 Å². The molecular weight excluding hydrogens is 624 g/mol. The number of fused-ring (bicyclic) bond motifs is 3. The molecule has 1 aromatic heterocycles. The van der Waals surface area contributed by atoms with E-state index in [9.17, 15) is 45.3 Å². The SMILES string of the molecule is CC=C(C)C(=O)OC1c2c(ccc3ccc(=O)oc23)OC(C)(C)C1OC1OC(COC2CC(CO)C(O)C(O)C2O)C(O)C(O)C1O. The molecule has 15 heteroatoms. The molecule has 1 aromatic carbocycles. The van der Waals surface area contributed by atoms with E-state index in [4.69, 9.17) is 28.1 Å². The number of hydrogen-bond donors (Lipinski definition) is 7. The maximum atomic E-state index is 13.1. The Morgan fingerprint density at radius 3 is 2.34 bits per heavy atom. The minimum Gasteiger partial charge on any atom is -0.484 e. The third kappa shape index (κ3) is 6.83. The van der Waals surface area contributed by atoms with Gasteiger partial charge in [-0.1, -0.05) is 6.08 Å². The summed E-state index contributed by atoms with van der Waals surface area (Å²) in [6, 6.07) is 6.08. The molecule has 1 aliphatic carbocycles. The van der Waals surface area contributed by atoms with E-state index in [1.165, 1.54) is 12.1 Å². The predicted molar refractivity (Wildman–Crippen MR) is 160 cm³/mol. The summed E-state index contributed by atoms with van der Waals surface area (Å²) in [4.78, 5) is 25.4. The lowest BCUT2D eigenvalue weighted by molar-refractivity contribution is -0.334.